The van der Waals surface area contributed by atoms with Crippen molar-refractivity contribution in [2.45, 2.75) is 121 Å². The Morgan fingerprint density at radius 1 is 0.934 bits per heavy atom. The number of ether oxygens (including phenoxy) is 2. The van der Waals surface area contributed by atoms with Gasteiger partial charge in [-0.25, -0.2) is 13.1 Å². The zero-order valence-electron chi connectivity index (χ0n) is 36.0. The Bertz CT molecular complexity index is 2110. The van der Waals surface area contributed by atoms with Gasteiger partial charge in [-0.3, -0.25) is 33.8 Å². The standard InChI is InChI=1S/C42H60N8O10S/c1-25-21-32(59-7)26(2)27(3)35(25)61(57,58)50-40(43)45-20-14-17-30-36(53)44-19-13-9-12-18-33(51)48-31(22-28-15-10-8-11-16-28)37(54)49-42(39(56)46-24-34(52)47-30)23-29(42)38(55)60-41(4,5)6/h8,10-11,15-16,21,29-31H,9,12-14,17-20,22-24H2,1-7H3,(H,44,53)(H,46,56)(H,47,52)(H,48,51)(H,49,54)(H3,43,45,50)/t29?,30-,31+,42?/m0/s1. The molecule has 2 aromatic carbocycles. The number of carbonyl (C=O) groups excluding carboxylic acids is 6. The van der Waals surface area contributed by atoms with Crippen LogP contribution in [0, 0.1) is 26.7 Å². The van der Waals surface area contributed by atoms with Gasteiger partial charge in [0.25, 0.3) is 10.0 Å². The summed E-state index contributed by atoms with van der Waals surface area (Å²) in [5, 5.41) is 13.4. The van der Waals surface area contributed by atoms with Crippen molar-refractivity contribution >= 4 is 51.5 Å². The van der Waals surface area contributed by atoms with Gasteiger partial charge in [0.15, 0.2) is 0 Å². The number of carbonyl (C=O) groups is 6. The SMILES string of the molecule is COc1cc(C)c(S(=O)(=O)NC(N)=NCCC[C@@H]2NC(=O)CNC(=O)C3(CC3C(=O)OC(C)(C)C)NC(=O)[C@@H](Cc3ccccc3)NC(=O)CCCCCNC2=O)c(C)c1C. The molecule has 1 saturated carbocycles. The number of guanidine groups is 1. The highest BCUT2D eigenvalue weighted by atomic mass is 32.2. The molecule has 2 fully saturated rings. The molecule has 0 aromatic heterocycles. The number of nitrogens with one attached hydrogen (secondary N) is 6. The van der Waals surface area contributed by atoms with E-state index < -0.39 is 75.3 Å². The van der Waals surface area contributed by atoms with Crippen LogP contribution in [0.2, 0.25) is 0 Å². The van der Waals surface area contributed by atoms with Crippen molar-refractivity contribution in [2.75, 3.05) is 26.7 Å². The topological polar surface area (TPSA) is 266 Å². The van der Waals surface area contributed by atoms with Gasteiger partial charge < -0.3 is 41.8 Å². The molecule has 2 unspecified atom stereocenters. The van der Waals surface area contributed by atoms with Crippen molar-refractivity contribution in [3.05, 3.63) is 58.7 Å². The van der Waals surface area contributed by atoms with Crippen LogP contribution in [0.3, 0.4) is 0 Å². The number of esters is 1. The van der Waals surface area contributed by atoms with Crippen LogP contribution in [0.25, 0.3) is 0 Å². The number of nitrogens with two attached hydrogens (primary N) is 1. The lowest BCUT2D eigenvalue weighted by atomic mass is 10.0. The van der Waals surface area contributed by atoms with Gasteiger partial charge in [-0.1, -0.05) is 36.8 Å². The van der Waals surface area contributed by atoms with Crippen molar-refractivity contribution < 1.29 is 46.7 Å². The normalized spacial score (nSPS) is 22.6. The van der Waals surface area contributed by atoms with Crippen LogP contribution in [-0.4, -0.2) is 99.9 Å². The third-order valence-electron chi connectivity index (χ3n) is 10.4. The van der Waals surface area contributed by atoms with Gasteiger partial charge >= 0.3 is 5.97 Å². The smallest absolute Gasteiger partial charge is 0.312 e. The minimum Gasteiger partial charge on any atom is -0.496 e. The van der Waals surface area contributed by atoms with Crippen molar-refractivity contribution in [1.82, 2.24) is 31.3 Å². The number of aryl methyl sites for hydroxylation is 1. The van der Waals surface area contributed by atoms with Crippen molar-refractivity contribution in [3.8, 4) is 5.75 Å². The molecule has 4 rings (SSSR count). The van der Waals surface area contributed by atoms with E-state index >= 15 is 0 Å². The second kappa shape index (κ2) is 20.7. The lowest BCUT2D eigenvalue weighted by Gasteiger charge is -2.25. The zero-order valence-corrected chi connectivity index (χ0v) is 36.8. The first kappa shape index (κ1) is 48.0. The zero-order chi connectivity index (χ0) is 45.1. The summed E-state index contributed by atoms with van der Waals surface area (Å²) in [7, 11) is -2.62. The molecular weight excluding hydrogens is 809 g/mol. The lowest BCUT2D eigenvalue weighted by molar-refractivity contribution is -0.158. The highest BCUT2D eigenvalue weighted by Gasteiger charge is 2.66. The maximum absolute atomic E-state index is 13.9. The molecule has 2 aromatic rings. The van der Waals surface area contributed by atoms with E-state index in [0.717, 1.165) is 5.56 Å². The molecule has 8 N–H and O–H groups in total. The quantitative estimate of drug-likeness (QED) is 0.0773. The summed E-state index contributed by atoms with van der Waals surface area (Å²) in [6.45, 7) is 9.69. The second-order valence-electron chi connectivity index (χ2n) is 16.5. The maximum Gasteiger partial charge on any atom is 0.312 e. The van der Waals surface area contributed by atoms with E-state index in [2.05, 4.69) is 36.3 Å². The van der Waals surface area contributed by atoms with E-state index in [-0.39, 0.29) is 62.0 Å². The highest BCUT2D eigenvalue weighted by Crippen LogP contribution is 2.45. The molecule has 19 heteroatoms. The first-order valence-electron chi connectivity index (χ1n) is 20.4. The van der Waals surface area contributed by atoms with Crippen LogP contribution in [0.15, 0.2) is 46.3 Å². The van der Waals surface area contributed by atoms with E-state index in [4.69, 9.17) is 15.2 Å². The summed E-state index contributed by atoms with van der Waals surface area (Å²) in [5.41, 5.74) is 5.67. The molecule has 4 atom stereocenters. The molecule has 1 heterocycles. The summed E-state index contributed by atoms with van der Waals surface area (Å²) in [4.78, 5) is 85.0. The maximum atomic E-state index is 13.9. The van der Waals surface area contributed by atoms with Crippen molar-refractivity contribution in [3.63, 3.8) is 0 Å². The molecule has 0 bridgehead atoms. The minimum absolute atomic E-state index is 0.00799. The molecule has 1 aliphatic carbocycles. The Kier molecular flexibility index (Phi) is 16.3. The average molecular weight is 869 g/mol. The number of benzene rings is 2. The monoisotopic (exact) mass is 868 g/mol. The molecular formula is C42H60N8O10S. The molecule has 18 nitrogen and oxygen atoms in total. The first-order chi connectivity index (χ1) is 28.7. The Hall–Kier alpha value is -5.72. The van der Waals surface area contributed by atoms with Crippen LogP contribution >= 0.6 is 0 Å². The van der Waals surface area contributed by atoms with Gasteiger partial charge in [-0.2, -0.15) is 0 Å². The van der Waals surface area contributed by atoms with E-state index in [9.17, 15) is 37.2 Å². The number of methoxy groups -OCH3 is 1. The molecule has 2 aliphatic rings. The number of amides is 5. The fraction of sp³-hybridized carbons (Fsp3) is 0.548. The molecule has 334 valence electrons. The van der Waals surface area contributed by atoms with Crippen LogP contribution in [0.5, 0.6) is 5.75 Å². The van der Waals surface area contributed by atoms with Crippen molar-refractivity contribution in [1.29, 1.82) is 0 Å². The largest absolute Gasteiger partial charge is 0.496 e. The summed E-state index contributed by atoms with van der Waals surface area (Å²) in [5.74, 6) is -4.74. The predicted molar refractivity (Wildman–Crippen MR) is 227 cm³/mol. The lowest BCUT2D eigenvalue weighted by Crippen LogP contribution is -2.58. The van der Waals surface area contributed by atoms with E-state index in [0.29, 0.717) is 41.7 Å². The Morgan fingerprint density at radius 2 is 1.62 bits per heavy atom. The molecule has 0 radical (unpaired) electrons. The van der Waals surface area contributed by atoms with Crippen LogP contribution < -0.4 is 41.8 Å². The van der Waals surface area contributed by atoms with Gasteiger partial charge in [0.2, 0.25) is 35.5 Å². The molecule has 5 amide bonds. The minimum atomic E-state index is -4.12. The predicted octanol–water partition coefficient (Wildman–Crippen LogP) is 1.23. The number of hydrogen-bond acceptors (Lipinski definition) is 11. The van der Waals surface area contributed by atoms with Crippen LogP contribution in [0.4, 0.5) is 0 Å². The molecule has 1 spiro atoms. The fourth-order valence-electron chi connectivity index (χ4n) is 7.12. The van der Waals surface area contributed by atoms with Crippen LogP contribution in [0.1, 0.15) is 88.0 Å². The van der Waals surface area contributed by atoms with E-state index in [1.807, 2.05) is 6.07 Å². The van der Waals surface area contributed by atoms with Crippen LogP contribution in [-0.2, 0) is 49.9 Å². The number of hydrogen-bond donors (Lipinski definition) is 7. The van der Waals surface area contributed by atoms with Gasteiger partial charge in [0, 0.05) is 25.9 Å². The Labute approximate surface area is 357 Å². The van der Waals surface area contributed by atoms with E-state index in [1.165, 1.54) is 7.11 Å². The third kappa shape index (κ3) is 13.4. The second-order valence-corrected chi connectivity index (χ2v) is 18.1. The number of nitrogens with zero attached hydrogens (tertiary/aromatic N) is 1. The number of aliphatic imine (C=N–C) groups is 1. The van der Waals surface area contributed by atoms with Gasteiger partial charge in [0.05, 0.1) is 24.5 Å². The third-order valence-corrected chi connectivity index (χ3v) is 12.1. The summed E-state index contributed by atoms with van der Waals surface area (Å²) < 4.78 is 39.8. The van der Waals surface area contributed by atoms with Gasteiger partial charge in [-0.15, -0.1) is 0 Å². The fourth-order valence-corrected chi connectivity index (χ4v) is 8.60. The number of sulfonamides is 1. The Balaban J connectivity index is 1.49. The Morgan fingerprint density at radius 3 is 2.30 bits per heavy atom. The van der Waals surface area contributed by atoms with Gasteiger partial charge in [0.1, 0.15) is 29.0 Å². The summed E-state index contributed by atoms with van der Waals surface area (Å²) in [6, 6.07) is 8.47. The highest BCUT2D eigenvalue weighted by molar-refractivity contribution is 7.90. The first-order valence-corrected chi connectivity index (χ1v) is 21.9. The molecule has 1 aliphatic heterocycles. The van der Waals surface area contributed by atoms with E-state index in [1.54, 1.807) is 71.9 Å². The summed E-state index contributed by atoms with van der Waals surface area (Å²) >= 11 is 0. The molecule has 1 saturated heterocycles. The number of rotatable bonds is 10. The van der Waals surface area contributed by atoms with Gasteiger partial charge in [-0.05, 0) is 102 Å². The average Bonchev–Trinajstić information content (AvgIpc) is 3.91. The molecule has 61 heavy (non-hydrogen) atoms. The van der Waals surface area contributed by atoms with Crippen molar-refractivity contribution in [2.24, 2.45) is 16.6 Å². The summed E-state index contributed by atoms with van der Waals surface area (Å²) in [6.07, 6.45) is 1.89.